The highest BCUT2D eigenvalue weighted by Crippen LogP contribution is 2.43. The van der Waals surface area contributed by atoms with E-state index in [-0.39, 0.29) is 30.2 Å². The summed E-state index contributed by atoms with van der Waals surface area (Å²) in [6.07, 6.45) is 7.11. The van der Waals surface area contributed by atoms with E-state index in [9.17, 15) is 9.50 Å². The summed E-state index contributed by atoms with van der Waals surface area (Å²) in [5, 5.41) is 9.38. The summed E-state index contributed by atoms with van der Waals surface area (Å²) in [4.78, 5) is 9.23. The minimum absolute atomic E-state index is 0.0281. The molecular weight excluding hydrogens is 447 g/mol. The molecule has 1 saturated carbocycles. The van der Waals surface area contributed by atoms with E-state index in [1.54, 1.807) is 12.3 Å². The molecule has 2 fully saturated rings. The highest BCUT2D eigenvalue weighted by molar-refractivity contribution is 5.85. The van der Waals surface area contributed by atoms with Crippen LogP contribution in [0.1, 0.15) is 48.9 Å². The van der Waals surface area contributed by atoms with Crippen LogP contribution in [0.25, 0.3) is 16.8 Å². The third kappa shape index (κ3) is 4.13. The summed E-state index contributed by atoms with van der Waals surface area (Å²) in [6, 6.07) is 12.8. The lowest BCUT2D eigenvalue weighted by Gasteiger charge is -2.27. The topological polar surface area (TPSA) is 94.9 Å². The van der Waals surface area contributed by atoms with Crippen molar-refractivity contribution >= 4 is 11.3 Å². The Hall–Kier alpha value is -3.49. The number of benzene rings is 2. The molecule has 0 radical (unpaired) electrons. The fraction of sp³-hybridized carbons (Fsp3) is 0.333. The van der Waals surface area contributed by atoms with Crippen molar-refractivity contribution in [2.75, 3.05) is 18.9 Å². The molecule has 3 N–H and O–H groups in total. The van der Waals surface area contributed by atoms with Crippen molar-refractivity contribution in [3.05, 3.63) is 72.1 Å². The fourth-order valence-corrected chi connectivity index (χ4v) is 4.85. The summed E-state index contributed by atoms with van der Waals surface area (Å²) in [7, 11) is 0. The van der Waals surface area contributed by atoms with Crippen molar-refractivity contribution in [1.82, 2.24) is 14.4 Å². The second-order valence-corrected chi connectivity index (χ2v) is 9.32. The maximum Gasteiger partial charge on any atom is 0.169 e. The monoisotopic (exact) mass is 474 g/mol. The van der Waals surface area contributed by atoms with Crippen molar-refractivity contribution in [3.63, 3.8) is 0 Å². The Morgan fingerprint density at radius 3 is 2.60 bits per heavy atom. The van der Waals surface area contributed by atoms with Crippen molar-refractivity contribution < 1.29 is 19.0 Å². The number of ether oxygens (including phenoxy) is 2. The van der Waals surface area contributed by atoms with E-state index in [0.717, 1.165) is 53.8 Å². The zero-order valence-electron chi connectivity index (χ0n) is 19.2. The summed E-state index contributed by atoms with van der Waals surface area (Å²) in [6.45, 7) is 0.518. The number of imidazole rings is 1. The molecule has 6 rings (SSSR count). The summed E-state index contributed by atoms with van der Waals surface area (Å²) >= 11 is 0. The van der Waals surface area contributed by atoms with E-state index < -0.39 is 0 Å². The maximum atomic E-state index is 14.9. The molecule has 1 saturated heterocycles. The van der Waals surface area contributed by atoms with Crippen LogP contribution in [0.2, 0.25) is 0 Å². The zero-order chi connectivity index (χ0) is 23.9. The Morgan fingerprint density at radius 2 is 1.89 bits per heavy atom. The first kappa shape index (κ1) is 22.0. The molecule has 0 spiro atoms. The van der Waals surface area contributed by atoms with Gasteiger partial charge in [-0.3, -0.25) is 4.40 Å². The number of hydrogen-bond acceptors (Lipinski definition) is 6. The van der Waals surface area contributed by atoms with Crippen molar-refractivity contribution in [2.45, 2.75) is 43.6 Å². The van der Waals surface area contributed by atoms with Gasteiger partial charge in [0.05, 0.1) is 19.3 Å². The molecule has 2 aliphatic rings. The van der Waals surface area contributed by atoms with Crippen LogP contribution in [0.3, 0.4) is 0 Å². The first-order valence-corrected chi connectivity index (χ1v) is 12.0. The summed E-state index contributed by atoms with van der Waals surface area (Å²) < 4.78 is 28.5. The molecular formula is C27H27FN4O3. The highest BCUT2D eigenvalue weighted by Gasteiger charge is 2.29. The van der Waals surface area contributed by atoms with E-state index in [0.29, 0.717) is 24.1 Å². The predicted molar refractivity (Wildman–Crippen MR) is 130 cm³/mol. The molecule has 2 aromatic heterocycles. The average Bonchev–Trinajstić information content (AvgIpc) is 3.66. The number of halogens is 1. The number of rotatable bonds is 6. The Labute approximate surface area is 202 Å². The third-order valence-corrected chi connectivity index (χ3v) is 6.92. The second-order valence-electron chi connectivity index (χ2n) is 9.32. The molecule has 7 nitrogen and oxygen atoms in total. The molecule has 2 unspecified atom stereocenters. The highest BCUT2D eigenvalue weighted by atomic mass is 19.1. The number of fused-ring (bicyclic) bond motifs is 1. The van der Waals surface area contributed by atoms with Crippen molar-refractivity contribution in [1.29, 1.82) is 0 Å². The van der Waals surface area contributed by atoms with E-state index >= 15 is 0 Å². The van der Waals surface area contributed by atoms with Gasteiger partial charge in [-0.15, -0.1) is 0 Å². The van der Waals surface area contributed by atoms with Crippen molar-refractivity contribution in [2.24, 2.45) is 0 Å². The number of hydrogen-bond donors (Lipinski definition) is 2. The van der Waals surface area contributed by atoms with Crippen LogP contribution in [-0.2, 0) is 4.74 Å². The molecule has 2 aromatic carbocycles. The van der Waals surface area contributed by atoms with Crippen LogP contribution in [0, 0.1) is 5.82 Å². The molecule has 3 heterocycles. The predicted octanol–water partition coefficient (Wildman–Crippen LogP) is 5.04. The SMILES string of the molecule is Nc1nccn2c(C3CCC(CO)OC3)nc(-c3ccc(Oc4cccc(C5CC5)c4F)cc3)c12. The molecule has 1 aliphatic carbocycles. The average molecular weight is 475 g/mol. The Kier molecular flexibility index (Phi) is 5.62. The second kappa shape index (κ2) is 8.94. The van der Waals surface area contributed by atoms with Gasteiger partial charge in [0.25, 0.3) is 0 Å². The lowest BCUT2D eigenvalue weighted by molar-refractivity contribution is -0.0282. The maximum absolute atomic E-state index is 14.9. The lowest BCUT2D eigenvalue weighted by atomic mass is 9.98. The molecule has 8 heteroatoms. The largest absolute Gasteiger partial charge is 0.454 e. The van der Waals surface area contributed by atoms with Gasteiger partial charge >= 0.3 is 0 Å². The van der Waals surface area contributed by atoms with Gasteiger partial charge in [-0.05, 0) is 67.5 Å². The first-order chi connectivity index (χ1) is 17.1. The van der Waals surface area contributed by atoms with Gasteiger partial charge in [0, 0.05) is 23.9 Å². The molecule has 4 aromatic rings. The van der Waals surface area contributed by atoms with Crippen LogP contribution < -0.4 is 10.5 Å². The van der Waals surface area contributed by atoms with Crippen LogP contribution in [0.5, 0.6) is 11.5 Å². The number of nitrogen functional groups attached to an aromatic ring is 1. The quantitative estimate of drug-likeness (QED) is 0.406. The summed E-state index contributed by atoms with van der Waals surface area (Å²) in [5.74, 6) is 2.17. The molecule has 1 aliphatic heterocycles. The molecule has 35 heavy (non-hydrogen) atoms. The smallest absolute Gasteiger partial charge is 0.169 e. The van der Waals surface area contributed by atoms with Gasteiger partial charge in [-0.25, -0.2) is 14.4 Å². The Morgan fingerprint density at radius 1 is 1.09 bits per heavy atom. The Bertz CT molecular complexity index is 1360. The Balaban J connectivity index is 1.30. The number of anilines is 1. The molecule has 180 valence electrons. The number of aliphatic hydroxyl groups is 1. The molecule has 0 bridgehead atoms. The molecule has 2 atom stereocenters. The van der Waals surface area contributed by atoms with E-state index in [1.807, 2.05) is 47.0 Å². The molecule has 0 amide bonds. The van der Waals surface area contributed by atoms with Crippen LogP contribution in [-0.4, -0.2) is 38.8 Å². The number of nitrogens with two attached hydrogens (primary N) is 1. The number of nitrogens with zero attached hydrogens (tertiary/aromatic N) is 3. The minimum atomic E-state index is -0.277. The van der Waals surface area contributed by atoms with Gasteiger partial charge in [-0.1, -0.05) is 12.1 Å². The van der Waals surface area contributed by atoms with Crippen LogP contribution >= 0.6 is 0 Å². The zero-order valence-corrected chi connectivity index (χ0v) is 19.2. The van der Waals surface area contributed by atoms with Crippen molar-refractivity contribution in [3.8, 4) is 22.8 Å². The summed E-state index contributed by atoms with van der Waals surface area (Å²) in [5.41, 5.74) is 9.33. The van der Waals surface area contributed by atoms with Gasteiger partial charge in [0.2, 0.25) is 0 Å². The van der Waals surface area contributed by atoms with Gasteiger partial charge < -0.3 is 20.3 Å². The lowest BCUT2D eigenvalue weighted by Crippen LogP contribution is -2.28. The van der Waals surface area contributed by atoms with Crippen LogP contribution in [0.15, 0.2) is 54.9 Å². The minimum Gasteiger partial charge on any atom is -0.454 e. The standard InChI is InChI=1S/C27H27FN4O3/c28-23-21(16-4-5-16)2-1-3-22(23)35-19-9-6-17(7-10-19)24-25-26(29)30-12-13-32(25)27(31-24)18-8-11-20(14-33)34-15-18/h1-3,6-7,9-10,12-13,16,18,20,33H,4-5,8,11,14-15H2,(H2,29,30). The van der Waals surface area contributed by atoms with Gasteiger partial charge in [0.15, 0.2) is 11.6 Å². The fourth-order valence-electron chi connectivity index (χ4n) is 4.85. The third-order valence-electron chi connectivity index (χ3n) is 6.92. The van der Waals surface area contributed by atoms with E-state index in [4.69, 9.17) is 20.2 Å². The van der Waals surface area contributed by atoms with Crippen LogP contribution in [0.4, 0.5) is 10.2 Å². The van der Waals surface area contributed by atoms with Gasteiger partial charge in [-0.2, -0.15) is 0 Å². The van der Waals surface area contributed by atoms with E-state index in [1.165, 1.54) is 0 Å². The normalized spacial score (nSPS) is 20.3. The first-order valence-electron chi connectivity index (χ1n) is 12.0. The van der Waals surface area contributed by atoms with E-state index in [2.05, 4.69) is 4.98 Å². The van der Waals surface area contributed by atoms with Gasteiger partial charge in [0.1, 0.15) is 28.6 Å². The number of aromatic nitrogens is 3. The number of aliphatic hydroxyl groups excluding tert-OH is 1.